The van der Waals surface area contributed by atoms with E-state index in [-0.39, 0.29) is 5.54 Å². The number of nitrogens with one attached hydrogen (secondary N) is 1. The highest BCUT2D eigenvalue weighted by Gasteiger charge is 2.40. The van der Waals surface area contributed by atoms with E-state index in [9.17, 15) is 8.42 Å². The summed E-state index contributed by atoms with van der Waals surface area (Å²) in [5, 5.41) is 0. The van der Waals surface area contributed by atoms with Gasteiger partial charge in [0, 0.05) is 25.2 Å². The normalized spacial score (nSPS) is 24.8. The number of hydrogen-bond acceptors (Lipinski definition) is 4. The topological polar surface area (TPSA) is 78.7 Å². The average Bonchev–Trinajstić information content (AvgIpc) is 2.37. The fourth-order valence-electron chi connectivity index (χ4n) is 3.07. The van der Waals surface area contributed by atoms with Crippen LogP contribution in [0.5, 0.6) is 0 Å². The van der Waals surface area contributed by atoms with Crippen molar-refractivity contribution in [2.75, 3.05) is 40.3 Å². The highest BCUT2D eigenvalue weighted by atomic mass is 32.2. The lowest BCUT2D eigenvalue weighted by atomic mass is 9.76. The fraction of sp³-hybridized carbons (Fsp3) is 1.00. The second-order valence-electron chi connectivity index (χ2n) is 6.38. The van der Waals surface area contributed by atoms with Crippen molar-refractivity contribution in [2.45, 2.75) is 37.6 Å². The first kappa shape index (κ1) is 16.2. The van der Waals surface area contributed by atoms with Gasteiger partial charge in [-0.2, -0.15) is 12.7 Å². The maximum atomic E-state index is 12.4. The van der Waals surface area contributed by atoms with Crippen LogP contribution in [0.15, 0.2) is 0 Å². The molecule has 0 radical (unpaired) electrons. The Hall–Kier alpha value is -0.210. The van der Waals surface area contributed by atoms with Crippen LogP contribution in [0, 0.1) is 5.92 Å². The molecule has 1 heterocycles. The van der Waals surface area contributed by atoms with E-state index in [0.29, 0.717) is 32.1 Å². The Balaban J connectivity index is 1.88. The monoisotopic (exact) mass is 304 g/mol. The molecule has 0 aromatic rings. The second-order valence-corrected chi connectivity index (χ2v) is 8.13. The van der Waals surface area contributed by atoms with E-state index >= 15 is 0 Å². The van der Waals surface area contributed by atoms with Crippen LogP contribution >= 0.6 is 0 Å². The summed E-state index contributed by atoms with van der Waals surface area (Å²) < 4.78 is 29.1. The lowest BCUT2D eigenvalue weighted by molar-refractivity contribution is 0.0651. The summed E-state index contributed by atoms with van der Waals surface area (Å²) in [6.07, 6.45) is 5.06. The van der Waals surface area contributed by atoms with Crippen LogP contribution in [-0.2, 0) is 10.2 Å². The molecule has 1 saturated heterocycles. The number of likely N-dealkylation sites (N-methyl/N-ethyl adjacent to an activating group) is 1. The molecular formula is C13H28N4O2S. The van der Waals surface area contributed by atoms with Crippen LogP contribution in [0.3, 0.4) is 0 Å². The third-order valence-electron chi connectivity index (χ3n) is 5.06. The Kier molecular flexibility index (Phi) is 5.07. The molecule has 0 amide bonds. The van der Waals surface area contributed by atoms with Gasteiger partial charge in [-0.05, 0) is 58.7 Å². The van der Waals surface area contributed by atoms with Crippen LogP contribution in [0.1, 0.15) is 32.1 Å². The molecule has 20 heavy (non-hydrogen) atoms. The Labute approximate surface area is 122 Å². The summed E-state index contributed by atoms with van der Waals surface area (Å²) >= 11 is 0. The molecule has 0 bridgehead atoms. The zero-order chi connectivity index (χ0) is 14.8. The molecule has 6 nitrogen and oxygen atoms in total. The summed E-state index contributed by atoms with van der Waals surface area (Å²) in [7, 11) is 0.714. The summed E-state index contributed by atoms with van der Waals surface area (Å²) in [5.74, 6) is 0.473. The zero-order valence-electron chi connectivity index (χ0n) is 12.6. The molecule has 2 rings (SSSR count). The molecule has 0 unspecified atom stereocenters. The molecule has 0 atom stereocenters. The van der Waals surface area contributed by atoms with Crippen molar-refractivity contribution in [1.82, 2.24) is 13.9 Å². The molecule has 0 aromatic carbocycles. The van der Waals surface area contributed by atoms with Gasteiger partial charge in [0.15, 0.2) is 0 Å². The Bertz CT molecular complexity index is 412. The molecule has 2 fully saturated rings. The minimum atomic E-state index is -3.34. The highest BCUT2D eigenvalue weighted by molar-refractivity contribution is 7.87. The van der Waals surface area contributed by atoms with E-state index in [1.54, 1.807) is 4.31 Å². The SMILES string of the molecule is CN(C)C1(CNS(=O)(=O)N2CCC(CN)CC2)CCC1. The van der Waals surface area contributed by atoms with Gasteiger partial charge in [0.2, 0.25) is 0 Å². The Morgan fingerprint density at radius 3 is 2.30 bits per heavy atom. The van der Waals surface area contributed by atoms with Crippen LogP contribution in [0.4, 0.5) is 0 Å². The Morgan fingerprint density at radius 1 is 1.30 bits per heavy atom. The van der Waals surface area contributed by atoms with Gasteiger partial charge in [-0.15, -0.1) is 0 Å². The van der Waals surface area contributed by atoms with E-state index < -0.39 is 10.2 Å². The van der Waals surface area contributed by atoms with Crippen molar-refractivity contribution in [2.24, 2.45) is 11.7 Å². The van der Waals surface area contributed by atoms with E-state index in [1.807, 2.05) is 14.1 Å². The lowest BCUT2D eigenvalue weighted by Gasteiger charge is -2.47. The molecular weight excluding hydrogens is 276 g/mol. The van der Waals surface area contributed by atoms with E-state index in [0.717, 1.165) is 25.7 Å². The molecule has 2 aliphatic rings. The third kappa shape index (κ3) is 3.33. The predicted octanol–water partition coefficient (Wildman–Crippen LogP) is -0.0242. The van der Waals surface area contributed by atoms with Gasteiger partial charge >= 0.3 is 0 Å². The van der Waals surface area contributed by atoms with Crippen molar-refractivity contribution < 1.29 is 8.42 Å². The maximum Gasteiger partial charge on any atom is 0.279 e. The summed E-state index contributed by atoms with van der Waals surface area (Å²) in [5.41, 5.74) is 5.66. The highest BCUT2D eigenvalue weighted by Crippen LogP contribution is 2.35. The number of nitrogens with two attached hydrogens (primary N) is 1. The summed E-state index contributed by atoms with van der Waals surface area (Å²) in [6.45, 7) is 2.35. The lowest BCUT2D eigenvalue weighted by Crippen LogP contribution is -2.59. The van der Waals surface area contributed by atoms with Gasteiger partial charge < -0.3 is 10.6 Å². The molecule has 3 N–H and O–H groups in total. The van der Waals surface area contributed by atoms with Crippen molar-refractivity contribution in [3.8, 4) is 0 Å². The van der Waals surface area contributed by atoms with Crippen LogP contribution in [0.2, 0.25) is 0 Å². The first-order chi connectivity index (χ1) is 9.39. The maximum absolute atomic E-state index is 12.4. The molecule has 7 heteroatoms. The van der Waals surface area contributed by atoms with Gasteiger partial charge in [0.05, 0.1) is 0 Å². The van der Waals surface area contributed by atoms with Gasteiger partial charge in [0.1, 0.15) is 0 Å². The molecule has 1 saturated carbocycles. The van der Waals surface area contributed by atoms with E-state index in [1.165, 1.54) is 6.42 Å². The van der Waals surface area contributed by atoms with Crippen molar-refractivity contribution in [3.63, 3.8) is 0 Å². The standard InChI is InChI=1S/C13H28N4O2S/c1-16(2)13(6-3-7-13)11-15-20(18,19)17-8-4-12(10-14)5-9-17/h12,15H,3-11,14H2,1-2H3. The number of hydrogen-bond donors (Lipinski definition) is 2. The van der Waals surface area contributed by atoms with Gasteiger partial charge in [-0.3, -0.25) is 0 Å². The fourth-order valence-corrected chi connectivity index (χ4v) is 4.39. The molecule has 0 spiro atoms. The second kappa shape index (κ2) is 6.27. The van der Waals surface area contributed by atoms with Crippen molar-refractivity contribution in [3.05, 3.63) is 0 Å². The average molecular weight is 304 g/mol. The minimum Gasteiger partial charge on any atom is -0.330 e. The molecule has 0 aromatic heterocycles. The Morgan fingerprint density at radius 2 is 1.90 bits per heavy atom. The number of piperidine rings is 1. The van der Waals surface area contributed by atoms with Crippen LogP contribution in [0.25, 0.3) is 0 Å². The summed E-state index contributed by atoms with van der Waals surface area (Å²) in [6, 6.07) is 0. The minimum absolute atomic E-state index is 0.0165. The largest absolute Gasteiger partial charge is 0.330 e. The third-order valence-corrected chi connectivity index (χ3v) is 6.62. The number of nitrogens with zero attached hydrogens (tertiary/aromatic N) is 2. The van der Waals surface area contributed by atoms with Crippen molar-refractivity contribution in [1.29, 1.82) is 0 Å². The van der Waals surface area contributed by atoms with Gasteiger partial charge in [-0.25, -0.2) is 4.72 Å². The van der Waals surface area contributed by atoms with E-state index in [4.69, 9.17) is 5.73 Å². The summed E-state index contributed by atoms with van der Waals surface area (Å²) in [4.78, 5) is 2.15. The quantitative estimate of drug-likeness (QED) is 0.723. The smallest absolute Gasteiger partial charge is 0.279 e. The molecule has 1 aliphatic carbocycles. The van der Waals surface area contributed by atoms with Gasteiger partial charge in [0.25, 0.3) is 10.2 Å². The first-order valence-electron chi connectivity index (χ1n) is 7.52. The van der Waals surface area contributed by atoms with Gasteiger partial charge in [-0.1, -0.05) is 0 Å². The first-order valence-corrected chi connectivity index (χ1v) is 8.96. The van der Waals surface area contributed by atoms with Crippen LogP contribution in [-0.4, -0.2) is 63.4 Å². The number of rotatable bonds is 6. The molecule has 118 valence electrons. The molecule has 1 aliphatic heterocycles. The van der Waals surface area contributed by atoms with Crippen molar-refractivity contribution >= 4 is 10.2 Å². The van der Waals surface area contributed by atoms with Crippen LogP contribution < -0.4 is 10.5 Å². The van der Waals surface area contributed by atoms with E-state index in [2.05, 4.69) is 9.62 Å². The zero-order valence-corrected chi connectivity index (χ0v) is 13.5. The predicted molar refractivity (Wildman–Crippen MR) is 80.5 cm³/mol.